The van der Waals surface area contributed by atoms with Crippen LogP contribution in [0.4, 0.5) is 0 Å². The maximum atomic E-state index is 11.9. The summed E-state index contributed by atoms with van der Waals surface area (Å²) in [5.41, 5.74) is 4.06. The lowest BCUT2D eigenvalue weighted by molar-refractivity contribution is 0.0954. The molecule has 20 heavy (non-hydrogen) atoms. The fourth-order valence-electron chi connectivity index (χ4n) is 1.56. The van der Waals surface area contributed by atoms with E-state index in [0.717, 1.165) is 25.0 Å². The molecule has 1 rings (SSSR count). The minimum absolute atomic E-state index is 0.212. The van der Waals surface area contributed by atoms with Crippen molar-refractivity contribution >= 4 is 11.6 Å². The van der Waals surface area contributed by atoms with Crippen molar-refractivity contribution < 1.29 is 9.53 Å². The Morgan fingerprint density at radius 1 is 1.40 bits per heavy atom. The van der Waals surface area contributed by atoms with Gasteiger partial charge in [-0.15, -0.1) is 0 Å². The molecule has 0 aromatic heterocycles. The third-order valence-corrected chi connectivity index (χ3v) is 2.72. The van der Waals surface area contributed by atoms with E-state index in [-0.39, 0.29) is 5.91 Å². The first-order chi connectivity index (χ1) is 9.67. The van der Waals surface area contributed by atoms with Gasteiger partial charge in [0.15, 0.2) is 0 Å². The highest BCUT2D eigenvalue weighted by molar-refractivity contribution is 5.95. The Kier molecular flexibility index (Phi) is 7.11. The van der Waals surface area contributed by atoms with Gasteiger partial charge in [0.1, 0.15) is 12.4 Å². The highest BCUT2D eigenvalue weighted by Gasteiger charge is 2.04. The average Bonchev–Trinajstić information content (AvgIpc) is 2.49. The van der Waals surface area contributed by atoms with E-state index in [1.165, 1.54) is 0 Å². The van der Waals surface area contributed by atoms with Crippen molar-refractivity contribution in [3.05, 3.63) is 42.5 Å². The second-order valence-corrected chi connectivity index (χ2v) is 4.52. The summed E-state index contributed by atoms with van der Waals surface area (Å²) in [6.45, 7) is 8.08. The summed E-state index contributed by atoms with van der Waals surface area (Å²) in [6, 6.07) is 6.94. The first-order valence-electron chi connectivity index (χ1n) is 6.84. The van der Waals surface area contributed by atoms with Crippen LogP contribution in [0.15, 0.2) is 42.0 Å². The van der Waals surface area contributed by atoms with Crippen LogP contribution in [0.5, 0.6) is 5.75 Å². The molecule has 4 nitrogen and oxygen atoms in total. The lowest BCUT2D eigenvalue weighted by atomic mass is 10.2. The summed E-state index contributed by atoms with van der Waals surface area (Å²) in [7, 11) is 0. The average molecular weight is 274 g/mol. The van der Waals surface area contributed by atoms with Crippen LogP contribution in [0.1, 0.15) is 43.5 Å². The van der Waals surface area contributed by atoms with Crippen molar-refractivity contribution in [3.8, 4) is 5.75 Å². The van der Waals surface area contributed by atoms with Gasteiger partial charge in [-0.3, -0.25) is 4.79 Å². The maximum absolute atomic E-state index is 11.9. The molecule has 0 radical (unpaired) electrons. The van der Waals surface area contributed by atoms with Gasteiger partial charge in [0.2, 0.25) is 0 Å². The Morgan fingerprint density at radius 3 is 2.70 bits per heavy atom. The fourth-order valence-corrected chi connectivity index (χ4v) is 1.56. The highest BCUT2D eigenvalue weighted by atomic mass is 16.5. The number of rotatable bonds is 8. The van der Waals surface area contributed by atoms with Crippen molar-refractivity contribution in [3.63, 3.8) is 0 Å². The van der Waals surface area contributed by atoms with Gasteiger partial charge in [0.25, 0.3) is 5.91 Å². The molecule has 1 N–H and O–H groups in total. The topological polar surface area (TPSA) is 50.7 Å². The van der Waals surface area contributed by atoms with E-state index in [4.69, 9.17) is 4.74 Å². The molecule has 0 saturated heterocycles. The quantitative estimate of drug-likeness (QED) is 0.448. The van der Waals surface area contributed by atoms with Gasteiger partial charge in [-0.25, -0.2) is 5.43 Å². The molecule has 108 valence electrons. The van der Waals surface area contributed by atoms with E-state index < -0.39 is 0 Å². The molecule has 0 atom stereocenters. The minimum atomic E-state index is -0.212. The van der Waals surface area contributed by atoms with Crippen LogP contribution in [0.3, 0.4) is 0 Å². The molecular formula is C16H22N2O2. The number of ether oxygens (including phenoxy) is 1. The Labute approximate surface area is 120 Å². The lowest BCUT2D eigenvalue weighted by Crippen LogP contribution is -2.19. The highest BCUT2D eigenvalue weighted by Crippen LogP contribution is 2.12. The predicted octanol–water partition coefficient (Wildman–Crippen LogP) is 3.55. The van der Waals surface area contributed by atoms with E-state index in [1.807, 2.05) is 6.92 Å². The molecule has 4 heteroatoms. The Morgan fingerprint density at radius 2 is 2.10 bits per heavy atom. The molecular weight excluding hydrogens is 252 g/mol. The van der Waals surface area contributed by atoms with Gasteiger partial charge in [-0.05, 0) is 44.0 Å². The first-order valence-corrected chi connectivity index (χ1v) is 6.84. The smallest absolute Gasteiger partial charge is 0.271 e. The summed E-state index contributed by atoms with van der Waals surface area (Å²) >= 11 is 0. The van der Waals surface area contributed by atoms with Crippen LogP contribution >= 0.6 is 0 Å². The molecule has 0 saturated carbocycles. The van der Waals surface area contributed by atoms with Gasteiger partial charge in [0.05, 0.1) is 0 Å². The summed E-state index contributed by atoms with van der Waals surface area (Å²) in [4.78, 5) is 11.9. The van der Waals surface area contributed by atoms with Crippen LogP contribution in [0.2, 0.25) is 0 Å². The lowest BCUT2D eigenvalue weighted by Gasteiger charge is -2.05. The molecule has 0 aliphatic heterocycles. The van der Waals surface area contributed by atoms with Crippen LogP contribution in [0.25, 0.3) is 0 Å². The third-order valence-electron chi connectivity index (χ3n) is 2.72. The minimum Gasteiger partial charge on any atom is -0.490 e. The van der Waals surface area contributed by atoms with Gasteiger partial charge in [-0.1, -0.05) is 26.0 Å². The number of nitrogens with zero attached hydrogens (tertiary/aromatic N) is 1. The second-order valence-electron chi connectivity index (χ2n) is 4.52. The van der Waals surface area contributed by atoms with Crippen molar-refractivity contribution in [1.82, 2.24) is 5.43 Å². The largest absolute Gasteiger partial charge is 0.490 e. The van der Waals surface area contributed by atoms with E-state index >= 15 is 0 Å². The SMILES string of the molecule is C=CCOc1ccc(C(=O)NN=C(C)CCCC)cc1. The summed E-state index contributed by atoms with van der Waals surface area (Å²) in [5, 5.41) is 4.08. The van der Waals surface area contributed by atoms with Gasteiger partial charge >= 0.3 is 0 Å². The molecule has 1 amide bonds. The van der Waals surface area contributed by atoms with Crippen molar-refractivity contribution in [1.29, 1.82) is 0 Å². The molecule has 0 aliphatic carbocycles. The fraction of sp³-hybridized carbons (Fsp3) is 0.375. The zero-order chi connectivity index (χ0) is 14.8. The van der Waals surface area contributed by atoms with Crippen molar-refractivity contribution in [2.24, 2.45) is 5.10 Å². The number of benzene rings is 1. The summed E-state index contributed by atoms with van der Waals surface area (Å²) in [5.74, 6) is 0.500. The number of hydrazone groups is 1. The predicted molar refractivity (Wildman–Crippen MR) is 82.2 cm³/mol. The van der Waals surface area contributed by atoms with Crippen LogP contribution in [-0.2, 0) is 0 Å². The molecule has 1 aromatic carbocycles. The zero-order valence-electron chi connectivity index (χ0n) is 12.2. The monoisotopic (exact) mass is 274 g/mol. The van der Waals surface area contributed by atoms with E-state index in [9.17, 15) is 4.79 Å². The van der Waals surface area contributed by atoms with Gasteiger partial charge < -0.3 is 4.74 Å². The molecule has 0 heterocycles. The van der Waals surface area contributed by atoms with Crippen molar-refractivity contribution in [2.45, 2.75) is 33.1 Å². The first kappa shape index (κ1) is 16.0. The van der Waals surface area contributed by atoms with Gasteiger partial charge in [-0.2, -0.15) is 5.10 Å². The molecule has 1 aromatic rings. The standard InChI is InChI=1S/C16H22N2O2/c1-4-6-7-13(3)17-18-16(19)14-8-10-15(11-9-14)20-12-5-2/h5,8-11H,2,4,6-7,12H2,1,3H3,(H,18,19). The number of nitrogens with one attached hydrogen (secondary N) is 1. The maximum Gasteiger partial charge on any atom is 0.271 e. The number of unbranched alkanes of at least 4 members (excludes halogenated alkanes) is 1. The Bertz CT molecular complexity index is 464. The molecule has 0 spiro atoms. The number of hydrogen-bond acceptors (Lipinski definition) is 3. The van der Waals surface area contributed by atoms with Crippen LogP contribution < -0.4 is 10.2 Å². The summed E-state index contributed by atoms with van der Waals surface area (Å²) < 4.78 is 5.36. The Balaban J connectivity index is 2.53. The number of amides is 1. The van der Waals surface area contributed by atoms with Gasteiger partial charge in [0, 0.05) is 11.3 Å². The normalized spacial score (nSPS) is 11.0. The van der Waals surface area contributed by atoms with E-state index in [2.05, 4.69) is 24.0 Å². The molecule has 0 bridgehead atoms. The molecule has 0 unspecified atom stereocenters. The Hall–Kier alpha value is -2.10. The number of carbonyl (C=O) groups excluding carboxylic acids is 1. The number of carbonyl (C=O) groups is 1. The molecule has 0 aliphatic rings. The zero-order valence-corrected chi connectivity index (χ0v) is 12.2. The second kappa shape index (κ2) is 8.91. The molecule has 0 fully saturated rings. The van der Waals surface area contributed by atoms with Crippen LogP contribution in [0, 0.1) is 0 Å². The van der Waals surface area contributed by atoms with Crippen molar-refractivity contribution in [2.75, 3.05) is 6.61 Å². The van der Waals surface area contributed by atoms with Crippen LogP contribution in [-0.4, -0.2) is 18.2 Å². The van der Waals surface area contributed by atoms with E-state index in [0.29, 0.717) is 17.9 Å². The summed E-state index contributed by atoms with van der Waals surface area (Å²) in [6.07, 6.45) is 4.78. The number of hydrogen-bond donors (Lipinski definition) is 1. The third kappa shape index (κ3) is 5.69. The van der Waals surface area contributed by atoms with E-state index in [1.54, 1.807) is 30.3 Å².